The third-order valence-corrected chi connectivity index (χ3v) is 6.24. The maximum Gasteiger partial charge on any atom is 0.326 e. The average molecular weight is 481 g/mol. The lowest BCUT2D eigenvalue weighted by Crippen LogP contribution is -2.39. The topological polar surface area (TPSA) is 116 Å². The molecule has 3 aromatic rings. The first kappa shape index (κ1) is 22.2. The molecule has 2 aliphatic rings. The number of nitrogens with one attached hydrogen (secondary N) is 4. The highest BCUT2D eigenvalue weighted by molar-refractivity contribution is 6.30. The third-order valence-electron chi connectivity index (χ3n) is 6.00. The summed E-state index contributed by atoms with van der Waals surface area (Å²) in [4.78, 5) is 30.7. The molecule has 2 aliphatic heterocycles. The summed E-state index contributed by atoms with van der Waals surface area (Å²) in [5.74, 6) is 0.899. The standard InChI is InChI=1S/C23H25ClN8O2/c1-2-31-8-6-16(7-9-31)27-20-12-19(26-17-5-3-4-15(24)11-17)29-21-14(13-25-32(20)21)10-18-22(33)30-23(34)28-18/h3-5,10-13,16,27H,2,6-9H2,1H3,(H,26,29)(H2,28,30,33,34). The van der Waals surface area contributed by atoms with Crippen molar-refractivity contribution >= 4 is 52.6 Å². The van der Waals surface area contributed by atoms with Gasteiger partial charge in [0.05, 0.1) is 6.20 Å². The number of rotatable bonds is 6. The summed E-state index contributed by atoms with van der Waals surface area (Å²) in [5, 5.41) is 16.8. The van der Waals surface area contributed by atoms with Gasteiger partial charge in [-0.05, 0) is 43.7 Å². The molecule has 3 amide bonds. The van der Waals surface area contributed by atoms with Gasteiger partial charge < -0.3 is 20.9 Å². The summed E-state index contributed by atoms with van der Waals surface area (Å²) in [6.45, 7) is 5.32. The van der Waals surface area contributed by atoms with E-state index in [1.165, 1.54) is 0 Å². The monoisotopic (exact) mass is 480 g/mol. The number of hydrogen-bond donors (Lipinski definition) is 4. The zero-order valence-corrected chi connectivity index (χ0v) is 19.4. The van der Waals surface area contributed by atoms with Crippen molar-refractivity contribution in [3.8, 4) is 0 Å². The van der Waals surface area contributed by atoms with E-state index >= 15 is 0 Å². The number of anilines is 3. The number of imide groups is 1. The van der Waals surface area contributed by atoms with Gasteiger partial charge in [-0.1, -0.05) is 24.6 Å². The van der Waals surface area contributed by atoms with Crippen molar-refractivity contribution in [2.24, 2.45) is 0 Å². The number of hydrogen-bond acceptors (Lipinski definition) is 7. The van der Waals surface area contributed by atoms with Crippen LogP contribution in [0.5, 0.6) is 0 Å². The van der Waals surface area contributed by atoms with Crippen molar-refractivity contribution < 1.29 is 9.59 Å². The molecule has 0 saturated carbocycles. The molecule has 2 fully saturated rings. The van der Waals surface area contributed by atoms with E-state index in [9.17, 15) is 9.59 Å². The van der Waals surface area contributed by atoms with Crippen LogP contribution < -0.4 is 21.3 Å². The molecule has 10 nitrogen and oxygen atoms in total. The van der Waals surface area contributed by atoms with Crippen LogP contribution in [0.2, 0.25) is 5.02 Å². The molecule has 0 atom stereocenters. The Balaban J connectivity index is 1.51. The van der Waals surface area contributed by atoms with Crippen LogP contribution in [-0.2, 0) is 4.79 Å². The maximum absolute atomic E-state index is 12.0. The molecule has 0 radical (unpaired) electrons. The van der Waals surface area contributed by atoms with Crippen LogP contribution in [0.15, 0.2) is 42.2 Å². The Labute approximate surface area is 201 Å². The highest BCUT2D eigenvalue weighted by atomic mass is 35.5. The van der Waals surface area contributed by atoms with Crippen LogP contribution in [0.4, 0.5) is 22.1 Å². The normalized spacial score (nSPS) is 18.4. The molecule has 0 spiro atoms. The Morgan fingerprint density at radius 2 is 2.03 bits per heavy atom. The van der Waals surface area contributed by atoms with Crippen molar-refractivity contribution in [1.29, 1.82) is 0 Å². The minimum atomic E-state index is -0.551. The van der Waals surface area contributed by atoms with Crippen molar-refractivity contribution in [3.63, 3.8) is 0 Å². The Hall–Kier alpha value is -3.63. The predicted molar refractivity (Wildman–Crippen MR) is 131 cm³/mol. The highest BCUT2D eigenvalue weighted by Gasteiger charge is 2.24. The molecular weight excluding hydrogens is 456 g/mol. The van der Waals surface area contributed by atoms with Gasteiger partial charge in [0, 0.05) is 41.5 Å². The van der Waals surface area contributed by atoms with E-state index in [2.05, 4.69) is 38.2 Å². The smallest absolute Gasteiger partial charge is 0.326 e. The van der Waals surface area contributed by atoms with Gasteiger partial charge >= 0.3 is 6.03 Å². The minimum absolute atomic E-state index is 0.149. The number of benzene rings is 1. The first-order valence-corrected chi connectivity index (χ1v) is 11.6. The van der Waals surface area contributed by atoms with E-state index in [0.717, 1.165) is 44.0 Å². The SMILES string of the molecule is CCN1CCC(Nc2cc(Nc3cccc(Cl)c3)nc3c(C=C4NC(=O)NC4=O)cnn23)CC1. The maximum atomic E-state index is 12.0. The van der Waals surface area contributed by atoms with Gasteiger partial charge in [-0.2, -0.15) is 9.61 Å². The van der Waals surface area contributed by atoms with E-state index in [4.69, 9.17) is 16.6 Å². The molecular formula is C23H25ClN8O2. The number of amides is 3. The summed E-state index contributed by atoms with van der Waals surface area (Å²) in [6.07, 6.45) is 5.25. The molecule has 0 aliphatic carbocycles. The third kappa shape index (κ3) is 4.68. The van der Waals surface area contributed by atoms with Crippen LogP contribution in [0.3, 0.4) is 0 Å². The van der Waals surface area contributed by atoms with Crippen LogP contribution in [0, 0.1) is 0 Å². The molecule has 4 N–H and O–H groups in total. The molecule has 0 unspecified atom stereocenters. The van der Waals surface area contributed by atoms with E-state index < -0.39 is 11.9 Å². The van der Waals surface area contributed by atoms with Gasteiger partial charge in [0.15, 0.2) is 5.65 Å². The number of piperidine rings is 1. The Morgan fingerprint density at radius 1 is 1.21 bits per heavy atom. The van der Waals surface area contributed by atoms with Crippen molar-refractivity contribution in [3.05, 3.63) is 52.8 Å². The number of halogens is 1. The minimum Gasteiger partial charge on any atom is -0.367 e. The molecule has 2 aromatic heterocycles. The molecule has 1 aromatic carbocycles. The second-order valence-electron chi connectivity index (χ2n) is 8.32. The second-order valence-corrected chi connectivity index (χ2v) is 8.75. The number of carbonyl (C=O) groups is 2. The van der Waals surface area contributed by atoms with E-state index in [-0.39, 0.29) is 5.70 Å². The largest absolute Gasteiger partial charge is 0.367 e. The molecule has 5 rings (SSSR count). The summed E-state index contributed by atoms with van der Waals surface area (Å²) >= 11 is 6.15. The van der Waals surface area contributed by atoms with Gasteiger partial charge in [0.25, 0.3) is 5.91 Å². The van der Waals surface area contributed by atoms with Gasteiger partial charge in [-0.25, -0.2) is 9.78 Å². The number of carbonyl (C=O) groups excluding carboxylic acids is 2. The number of nitrogens with zero attached hydrogens (tertiary/aromatic N) is 4. The van der Waals surface area contributed by atoms with Gasteiger partial charge in [0.2, 0.25) is 0 Å². The van der Waals surface area contributed by atoms with Crippen LogP contribution in [0.25, 0.3) is 11.7 Å². The van der Waals surface area contributed by atoms with E-state index in [1.807, 2.05) is 24.3 Å². The summed E-state index contributed by atoms with van der Waals surface area (Å²) < 4.78 is 1.72. The molecule has 0 bridgehead atoms. The van der Waals surface area contributed by atoms with Crippen molar-refractivity contribution in [2.45, 2.75) is 25.8 Å². The first-order chi connectivity index (χ1) is 16.5. The highest BCUT2D eigenvalue weighted by Crippen LogP contribution is 2.26. The lowest BCUT2D eigenvalue weighted by Gasteiger charge is -2.32. The van der Waals surface area contributed by atoms with Crippen molar-refractivity contribution in [1.82, 2.24) is 30.1 Å². The Kier molecular flexibility index (Phi) is 6.08. The number of aromatic nitrogens is 3. The fraction of sp³-hybridized carbons (Fsp3) is 0.304. The Bertz CT molecular complexity index is 1280. The zero-order chi connectivity index (χ0) is 23.7. The van der Waals surface area contributed by atoms with E-state index in [0.29, 0.717) is 28.1 Å². The molecule has 34 heavy (non-hydrogen) atoms. The van der Waals surface area contributed by atoms with Crippen LogP contribution >= 0.6 is 11.6 Å². The second kappa shape index (κ2) is 9.32. The lowest BCUT2D eigenvalue weighted by atomic mass is 10.1. The molecule has 11 heteroatoms. The van der Waals surface area contributed by atoms with Crippen LogP contribution in [-0.4, -0.2) is 57.1 Å². The molecule has 2 saturated heterocycles. The number of fused-ring (bicyclic) bond motifs is 1. The summed E-state index contributed by atoms with van der Waals surface area (Å²) in [6, 6.07) is 9.06. The first-order valence-electron chi connectivity index (χ1n) is 11.2. The molecule has 176 valence electrons. The lowest BCUT2D eigenvalue weighted by molar-refractivity contribution is -0.115. The summed E-state index contributed by atoms with van der Waals surface area (Å²) in [7, 11) is 0. The Morgan fingerprint density at radius 3 is 2.74 bits per heavy atom. The van der Waals surface area contributed by atoms with Gasteiger partial charge in [-0.15, -0.1) is 0 Å². The average Bonchev–Trinajstić information content (AvgIpc) is 3.36. The number of urea groups is 1. The molecule has 4 heterocycles. The van der Waals surface area contributed by atoms with Crippen molar-refractivity contribution in [2.75, 3.05) is 30.3 Å². The summed E-state index contributed by atoms with van der Waals surface area (Å²) in [5.41, 5.74) is 2.10. The quantitative estimate of drug-likeness (QED) is 0.316. The fourth-order valence-electron chi connectivity index (χ4n) is 4.20. The predicted octanol–water partition coefficient (Wildman–Crippen LogP) is 3.20. The fourth-order valence-corrected chi connectivity index (χ4v) is 4.39. The number of likely N-dealkylation sites (tertiary alicyclic amines) is 1. The van der Waals surface area contributed by atoms with Crippen LogP contribution in [0.1, 0.15) is 25.3 Å². The van der Waals surface area contributed by atoms with E-state index in [1.54, 1.807) is 22.9 Å². The van der Waals surface area contributed by atoms with Gasteiger partial charge in [0.1, 0.15) is 17.3 Å². The van der Waals surface area contributed by atoms with Gasteiger partial charge in [-0.3, -0.25) is 10.1 Å². The zero-order valence-electron chi connectivity index (χ0n) is 18.6.